The molecule has 2 aliphatic rings. The van der Waals surface area contributed by atoms with E-state index in [-0.39, 0.29) is 30.1 Å². The van der Waals surface area contributed by atoms with E-state index >= 15 is 0 Å². The molecule has 1 atom stereocenters. The summed E-state index contributed by atoms with van der Waals surface area (Å²) in [6.07, 6.45) is 0. The van der Waals surface area contributed by atoms with E-state index in [4.69, 9.17) is 11.6 Å². The van der Waals surface area contributed by atoms with Crippen LogP contribution in [0.15, 0.2) is 42.5 Å². The van der Waals surface area contributed by atoms with Gasteiger partial charge in [0.1, 0.15) is 5.82 Å². The van der Waals surface area contributed by atoms with Crippen molar-refractivity contribution in [2.24, 2.45) is 0 Å². The third kappa shape index (κ3) is 3.94. The number of hydrogen-bond donors (Lipinski definition) is 1. The van der Waals surface area contributed by atoms with E-state index in [1.807, 2.05) is 32.9 Å². The zero-order chi connectivity index (χ0) is 21.3. The van der Waals surface area contributed by atoms with Crippen molar-refractivity contribution in [3.05, 3.63) is 58.9 Å². The Hall–Kier alpha value is -2.80. The van der Waals surface area contributed by atoms with Gasteiger partial charge in [-0.1, -0.05) is 29.8 Å². The highest BCUT2D eigenvalue weighted by Crippen LogP contribution is 2.39. The fourth-order valence-corrected chi connectivity index (χ4v) is 4.38. The van der Waals surface area contributed by atoms with E-state index in [2.05, 4.69) is 5.32 Å². The van der Waals surface area contributed by atoms with Crippen LogP contribution in [-0.2, 0) is 9.59 Å². The first kappa shape index (κ1) is 20.5. The minimum Gasteiger partial charge on any atom is -0.366 e. The average Bonchev–Trinajstić information content (AvgIpc) is 3.11. The zero-order valence-electron chi connectivity index (χ0n) is 16.8. The van der Waals surface area contributed by atoms with Crippen molar-refractivity contribution in [3.8, 4) is 0 Å². The summed E-state index contributed by atoms with van der Waals surface area (Å²) in [7, 11) is 1.59. The van der Waals surface area contributed by atoms with E-state index in [1.165, 1.54) is 6.07 Å². The molecule has 0 radical (unpaired) electrons. The number of fused-ring (bicyclic) bond motifs is 1. The van der Waals surface area contributed by atoms with E-state index < -0.39 is 0 Å². The van der Waals surface area contributed by atoms with Gasteiger partial charge in [-0.3, -0.25) is 9.59 Å². The Morgan fingerprint density at radius 1 is 1.10 bits per heavy atom. The maximum Gasteiger partial charge on any atom is 0.239 e. The van der Waals surface area contributed by atoms with Gasteiger partial charge < -0.3 is 20.0 Å². The van der Waals surface area contributed by atoms with E-state index in [9.17, 15) is 14.0 Å². The number of carbonyl (C=O) groups excluding carboxylic acids is 2. The van der Waals surface area contributed by atoms with Gasteiger partial charge in [0, 0.05) is 50.5 Å². The molecule has 2 aliphatic heterocycles. The van der Waals surface area contributed by atoms with Gasteiger partial charge in [0.2, 0.25) is 11.8 Å². The maximum absolute atomic E-state index is 14.1. The molecule has 2 amide bonds. The smallest absolute Gasteiger partial charge is 0.239 e. The van der Waals surface area contributed by atoms with Crippen molar-refractivity contribution in [2.75, 3.05) is 56.1 Å². The first-order valence-electron chi connectivity index (χ1n) is 10.0. The van der Waals surface area contributed by atoms with Gasteiger partial charge >= 0.3 is 0 Å². The SMILES string of the molecule is CNC(=O)CN1CC(C(=O)N2CCN(c3ccccc3F)CC2)c2ccc(Cl)cc21. The van der Waals surface area contributed by atoms with Crippen molar-refractivity contribution in [1.82, 2.24) is 10.2 Å². The maximum atomic E-state index is 14.1. The number of halogens is 2. The molecular weight excluding hydrogens is 407 g/mol. The van der Waals surface area contributed by atoms with Crippen LogP contribution in [0.25, 0.3) is 0 Å². The molecule has 1 N–H and O–H groups in total. The Bertz CT molecular complexity index is 962. The van der Waals surface area contributed by atoms with Crippen molar-refractivity contribution in [3.63, 3.8) is 0 Å². The summed E-state index contributed by atoms with van der Waals surface area (Å²) in [5, 5.41) is 3.20. The highest BCUT2D eigenvalue weighted by atomic mass is 35.5. The van der Waals surface area contributed by atoms with Crippen LogP contribution in [0.5, 0.6) is 0 Å². The largest absolute Gasteiger partial charge is 0.366 e. The Labute approximate surface area is 180 Å². The molecule has 0 spiro atoms. The fraction of sp³-hybridized carbons (Fsp3) is 0.364. The second-order valence-electron chi connectivity index (χ2n) is 7.57. The molecule has 2 heterocycles. The Morgan fingerprint density at radius 3 is 2.53 bits per heavy atom. The third-order valence-corrected chi connectivity index (χ3v) is 6.04. The lowest BCUT2D eigenvalue weighted by atomic mass is 9.99. The molecule has 4 rings (SSSR count). The topological polar surface area (TPSA) is 55.9 Å². The van der Waals surface area contributed by atoms with Crippen LogP contribution in [-0.4, -0.2) is 63.0 Å². The molecular formula is C22H24ClFN4O2. The summed E-state index contributed by atoms with van der Waals surface area (Å²) < 4.78 is 14.1. The quantitative estimate of drug-likeness (QED) is 0.809. The predicted octanol–water partition coefficient (Wildman–Crippen LogP) is 2.48. The molecule has 1 unspecified atom stereocenters. The lowest BCUT2D eigenvalue weighted by Crippen LogP contribution is -2.50. The second kappa shape index (κ2) is 8.52. The number of likely N-dealkylation sites (N-methyl/N-ethyl adjacent to an activating group) is 1. The molecule has 30 heavy (non-hydrogen) atoms. The first-order valence-corrected chi connectivity index (χ1v) is 10.4. The number of piperazine rings is 1. The number of para-hydroxylation sites is 1. The summed E-state index contributed by atoms with van der Waals surface area (Å²) in [4.78, 5) is 31.0. The molecule has 0 bridgehead atoms. The molecule has 2 aromatic carbocycles. The number of hydrogen-bond acceptors (Lipinski definition) is 4. The van der Waals surface area contributed by atoms with Crippen LogP contribution in [0.2, 0.25) is 5.02 Å². The normalized spacial score (nSPS) is 18.4. The summed E-state index contributed by atoms with van der Waals surface area (Å²) in [6, 6.07) is 12.2. The molecule has 1 fully saturated rings. The monoisotopic (exact) mass is 430 g/mol. The van der Waals surface area contributed by atoms with Crippen LogP contribution in [0, 0.1) is 5.82 Å². The average molecular weight is 431 g/mol. The van der Waals surface area contributed by atoms with Crippen molar-refractivity contribution < 1.29 is 14.0 Å². The highest BCUT2D eigenvalue weighted by molar-refractivity contribution is 6.31. The minimum absolute atomic E-state index is 0.0335. The molecule has 0 saturated carbocycles. The van der Waals surface area contributed by atoms with Crippen LogP contribution in [0.1, 0.15) is 11.5 Å². The molecule has 0 aromatic heterocycles. The van der Waals surface area contributed by atoms with Crippen molar-refractivity contribution in [2.45, 2.75) is 5.92 Å². The van der Waals surface area contributed by atoms with Crippen LogP contribution in [0.4, 0.5) is 15.8 Å². The van der Waals surface area contributed by atoms with Gasteiger partial charge in [-0.25, -0.2) is 4.39 Å². The lowest BCUT2D eigenvalue weighted by Gasteiger charge is -2.37. The number of benzene rings is 2. The number of nitrogens with zero attached hydrogens (tertiary/aromatic N) is 3. The predicted molar refractivity (Wildman–Crippen MR) is 116 cm³/mol. The van der Waals surface area contributed by atoms with E-state index in [0.29, 0.717) is 43.4 Å². The summed E-state index contributed by atoms with van der Waals surface area (Å²) in [5.74, 6) is -0.677. The van der Waals surface area contributed by atoms with E-state index in [1.54, 1.807) is 25.2 Å². The summed E-state index contributed by atoms with van der Waals surface area (Å²) in [6.45, 7) is 2.83. The van der Waals surface area contributed by atoms with Crippen LogP contribution in [0.3, 0.4) is 0 Å². The Balaban J connectivity index is 1.48. The Kier molecular flexibility index (Phi) is 5.81. The van der Waals surface area contributed by atoms with E-state index in [0.717, 1.165) is 11.3 Å². The van der Waals surface area contributed by atoms with Gasteiger partial charge in [0.25, 0.3) is 0 Å². The molecule has 2 aromatic rings. The number of nitrogens with one attached hydrogen (secondary N) is 1. The Morgan fingerprint density at radius 2 is 1.83 bits per heavy atom. The standard InChI is InChI=1S/C22H24ClFN4O2/c1-25-21(29)14-28-13-17(16-7-6-15(23)12-20(16)28)22(30)27-10-8-26(9-11-27)19-5-3-2-4-18(19)24/h2-7,12,17H,8-11,13-14H2,1H3,(H,25,29). The van der Waals surface area contributed by atoms with Gasteiger partial charge in [-0.15, -0.1) is 0 Å². The summed E-state index contributed by atoms with van der Waals surface area (Å²) >= 11 is 6.16. The van der Waals surface area contributed by atoms with Gasteiger partial charge in [0.15, 0.2) is 0 Å². The fourth-order valence-electron chi connectivity index (χ4n) is 4.21. The molecule has 1 saturated heterocycles. The number of amides is 2. The molecule has 158 valence electrons. The van der Waals surface area contributed by atoms with Crippen LogP contribution < -0.4 is 15.1 Å². The molecule has 0 aliphatic carbocycles. The second-order valence-corrected chi connectivity index (χ2v) is 8.01. The number of anilines is 2. The number of rotatable bonds is 4. The van der Waals surface area contributed by atoms with Crippen molar-refractivity contribution in [1.29, 1.82) is 0 Å². The van der Waals surface area contributed by atoms with Gasteiger partial charge in [-0.2, -0.15) is 0 Å². The first-order chi connectivity index (χ1) is 14.5. The minimum atomic E-state index is -0.345. The van der Waals surface area contributed by atoms with Crippen molar-refractivity contribution >= 4 is 34.8 Å². The van der Waals surface area contributed by atoms with Crippen LogP contribution >= 0.6 is 11.6 Å². The van der Waals surface area contributed by atoms with Gasteiger partial charge in [-0.05, 0) is 29.8 Å². The molecule has 6 nitrogen and oxygen atoms in total. The lowest BCUT2D eigenvalue weighted by molar-refractivity contribution is -0.132. The number of carbonyl (C=O) groups is 2. The highest BCUT2D eigenvalue weighted by Gasteiger charge is 2.37. The van der Waals surface area contributed by atoms with Gasteiger partial charge in [0.05, 0.1) is 18.2 Å². The summed E-state index contributed by atoms with van der Waals surface area (Å²) in [5.41, 5.74) is 2.29. The molecule has 8 heteroatoms. The zero-order valence-corrected chi connectivity index (χ0v) is 17.5. The third-order valence-electron chi connectivity index (χ3n) is 5.81.